The molecule has 0 unspecified atom stereocenters. The third-order valence-corrected chi connectivity index (χ3v) is 2.53. The number of nitrogens with zero attached hydrogens (tertiary/aromatic N) is 2. The molecule has 0 fully saturated rings. The number of primary amides is 1. The van der Waals surface area contributed by atoms with E-state index in [-0.39, 0.29) is 6.01 Å². The van der Waals surface area contributed by atoms with Gasteiger partial charge in [0.1, 0.15) is 0 Å². The summed E-state index contributed by atoms with van der Waals surface area (Å²) in [6, 6.07) is 7.37. The fraction of sp³-hybridized carbons (Fsp3) is 0.308. The Morgan fingerprint density at radius 3 is 2.90 bits per heavy atom. The van der Waals surface area contributed by atoms with Crippen LogP contribution in [0.15, 0.2) is 28.7 Å². The molecule has 0 aliphatic heterocycles. The average molecular weight is 275 g/mol. The number of nitrogens with one attached hydrogen (secondary N) is 2. The lowest BCUT2D eigenvalue weighted by atomic mass is 10.2. The molecule has 0 saturated heterocycles. The van der Waals surface area contributed by atoms with Crippen molar-refractivity contribution in [3.8, 4) is 0 Å². The minimum Gasteiger partial charge on any atom is -0.406 e. The second kappa shape index (κ2) is 6.16. The van der Waals surface area contributed by atoms with Gasteiger partial charge in [-0.15, -0.1) is 5.10 Å². The first-order valence-corrected chi connectivity index (χ1v) is 6.27. The molecule has 7 nitrogen and oxygen atoms in total. The summed E-state index contributed by atoms with van der Waals surface area (Å²) in [4.78, 5) is 11.1. The number of anilines is 2. The van der Waals surface area contributed by atoms with E-state index in [1.807, 2.05) is 13.8 Å². The summed E-state index contributed by atoms with van der Waals surface area (Å²) in [6.45, 7) is 4.57. The quantitative estimate of drug-likeness (QED) is 0.736. The zero-order chi connectivity index (χ0) is 14.5. The van der Waals surface area contributed by atoms with Crippen LogP contribution in [0.3, 0.4) is 0 Å². The van der Waals surface area contributed by atoms with E-state index in [1.54, 1.807) is 24.3 Å². The molecule has 2 aromatic rings. The van der Waals surface area contributed by atoms with Gasteiger partial charge in [0.25, 0.3) is 0 Å². The van der Waals surface area contributed by atoms with Gasteiger partial charge >= 0.3 is 6.01 Å². The number of hydrogen-bond donors (Lipinski definition) is 3. The molecule has 1 aromatic heterocycles. The normalized spacial score (nSPS) is 10.8. The SMILES string of the molecule is CC(C)NCc1nnc(Nc2cccc(C(N)=O)c2)o1. The molecule has 4 N–H and O–H groups in total. The maximum atomic E-state index is 11.1. The van der Waals surface area contributed by atoms with Gasteiger partial charge in [0.05, 0.1) is 6.54 Å². The Balaban J connectivity index is 2.03. The average Bonchev–Trinajstić information content (AvgIpc) is 2.84. The maximum Gasteiger partial charge on any atom is 0.320 e. The molecule has 0 bridgehead atoms. The van der Waals surface area contributed by atoms with Crippen molar-refractivity contribution in [2.24, 2.45) is 5.73 Å². The van der Waals surface area contributed by atoms with Crippen molar-refractivity contribution in [2.45, 2.75) is 26.4 Å². The number of carbonyl (C=O) groups is 1. The van der Waals surface area contributed by atoms with E-state index in [2.05, 4.69) is 20.8 Å². The second-order valence-corrected chi connectivity index (χ2v) is 4.61. The van der Waals surface area contributed by atoms with E-state index in [9.17, 15) is 4.79 Å². The van der Waals surface area contributed by atoms with Gasteiger partial charge in [0.15, 0.2) is 0 Å². The molecular formula is C13H17N5O2. The summed E-state index contributed by atoms with van der Waals surface area (Å²) >= 11 is 0. The molecule has 0 aliphatic rings. The fourth-order valence-corrected chi connectivity index (χ4v) is 1.54. The molecule has 2 rings (SSSR count). The van der Waals surface area contributed by atoms with E-state index in [0.29, 0.717) is 29.7 Å². The smallest absolute Gasteiger partial charge is 0.320 e. The Hall–Kier alpha value is -2.41. The minimum atomic E-state index is -0.485. The van der Waals surface area contributed by atoms with E-state index < -0.39 is 5.91 Å². The lowest BCUT2D eigenvalue weighted by Gasteiger charge is -2.04. The van der Waals surface area contributed by atoms with Crippen LogP contribution in [0.25, 0.3) is 0 Å². The van der Waals surface area contributed by atoms with Crippen LogP contribution in [-0.4, -0.2) is 22.1 Å². The Labute approximate surface area is 116 Å². The Kier molecular flexibility index (Phi) is 4.31. The van der Waals surface area contributed by atoms with Gasteiger partial charge < -0.3 is 20.8 Å². The van der Waals surface area contributed by atoms with E-state index in [0.717, 1.165) is 0 Å². The molecule has 1 amide bonds. The third-order valence-electron chi connectivity index (χ3n) is 2.53. The number of aromatic nitrogens is 2. The molecule has 0 atom stereocenters. The fourth-order valence-electron chi connectivity index (χ4n) is 1.54. The van der Waals surface area contributed by atoms with Gasteiger partial charge in [-0.3, -0.25) is 4.79 Å². The van der Waals surface area contributed by atoms with Crippen LogP contribution in [0.2, 0.25) is 0 Å². The summed E-state index contributed by atoms with van der Waals surface area (Å²) in [5.74, 6) is 0.00765. The Morgan fingerprint density at radius 2 is 2.20 bits per heavy atom. The third kappa shape index (κ3) is 3.79. The summed E-state index contributed by atoms with van der Waals surface area (Å²) in [7, 11) is 0. The van der Waals surface area contributed by atoms with Crippen molar-refractivity contribution in [2.75, 3.05) is 5.32 Å². The van der Waals surface area contributed by atoms with Crippen LogP contribution in [0.5, 0.6) is 0 Å². The molecule has 106 valence electrons. The molecular weight excluding hydrogens is 258 g/mol. The number of nitrogens with two attached hydrogens (primary N) is 1. The van der Waals surface area contributed by atoms with Crippen LogP contribution in [-0.2, 0) is 6.54 Å². The molecule has 0 spiro atoms. The van der Waals surface area contributed by atoms with E-state index in [4.69, 9.17) is 10.2 Å². The molecule has 20 heavy (non-hydrogen) atoms. The zero-order valence-electron chi connectivity index (χ0n) is 11.4. The van der Waals surface area contributed by atoms with Gasteiger partial charge in [-0.25, -0.2) is 0 Å². The topological polar surface area (TPSA) is 106 Å². The molecule has 7 heteroatoms. The molecule has 0 radical (unpaired) electrons. The first-order chi connectivity index (χ1) is 9.54. The van der Waals surface area contributed by atoms with Gasteiger partial charge in [0, 0.05) is 17.3 Å². The second-order valence-electron chi connectivity index (χ2n) is 4.61. The number of benzene rings is 1. The van der Waals surface area contributed by atoms with Crippen molar-refractivity contribution >= 4 is 17.6 Å². The Morgan fingerprint density at radius 1 is 1.40 bits per heavy atom. The van der Waals surface area contributed by atoms with Gasteiger partial charge in [-0.1, -0.05) is 25.0 Å². The number of rotatable bonds is 6. The van der Waals surface area contributed by atoms with Crippen LogP contribution in [0, 0.1) is 0 Å². The lowest BCUT2D eigenvalue weighted by molar-refractivity contribution is 0.100. The van der Waals surface area contributed by atoms with Gasteiger partial charge in [-0.05, 0) is 18.2 Å². The summed E-state index contributed by atoms with van der Waals surface area (Å²) in [6.07, 6.45) is 0. The first-order valence-electron chi connectivity index (χ1n) is 6.27. The monoisotopic (exact) mass is 275 g/mol. The summed E-state index contributed by atoms with van der Waals surface area (Å²) in [5.41, 5.74) is 6.30. The molecule has 1 aromatic carbocycles. The van der Waals surface area contributed by atoms with Crippen LogP contribution >= 0.6 is 0 Å². The van der Waals surface area contributed by atoms with Gasteiger partial charge in [-0.2, -0.15) is 0 Å². The highest BCUT2D eigenvalue weighted by atomic mass is 16.4. The van der Waals surface area contributed by atoms with Crippen molar-refractivity contribution < 1.29 is 9.21 Å². The minimum absolute atomic E-state index is 0.271. The lowest BCUT2D eigenvalue weighted by Crippen LogP contribution is -2.21. The van der Waals surface area contributed by atoms with Crippen LogP contribution in [0.1, 0.15) is 30.1 Å². The largest absolute Gasteiger partial charge is 0.406 e. The highest BCUT2D eigenvalue weighted by Gasteiger charge is 2.07. The standard InChI is InChI=1S/C13H17N5O2/c1-8(2)15-7-11-17-18-13(20-11)16-10-5-3-4-9(6-10)12(14)19/h3-6,8,15H,7H2,1-2H3,(H2,14,19)(H,16,18). The van der Waals surface area contributed by atoms with E-state index in [1.165, 1.54) is 0 Å². The Bertz CT molecular complexity index is 594. The van der Waals surface area contributed by atoms with Gasteiger partial charge in [0.2, 0.25) is 11.8 Å². The highest BCUT2D eigenvalue weighted by molar-refractivity contribution is 5.93. The molecule has 1 heterocycles. The predicted molar refractivity (Wildman–Crippen MR) is 74.5 cm³/mol. The predicted octanol–water partition coefficient (Wildman–Crippen LogP) is 1.41. The van der Waals surface area contributed by atoms with Crippen molar-refractivity contribution in [3.63, 3.8) is 0 Å². The van der Waals surface area contributed by atoms with Crippen LogP contribution in [0.4, 0.5) is 11.7 Å². The summed E-state index contributed by atoms with van der Waals surface area (Å²) in [5, 5.41) is 13.9. The van der Waals surface area contributed by atoms with Crippen molar-refractivity contribution in [1.29, 1.82) is 0 Å². The number of hydrogen-bond acceptors (Lipinski definition) is 6. The molecule has 0 saturated carbocycles. The zero-order valence-corrected chi connectivity index (χ0v) is 11.4. The van der Waals surface area contributed by atoms with E-state index >= 15 is 0 Å². The molecule has 0 aliphatic carbocycles. The number of carbonyl (C=O) groups excluding carboxylic acids is 1. The van der Waals surface area contributed by atoms with Crippen LogP contribution < -0.4 is 16.4 Å². The van der Waals surface area contributed by atoms with Crippen molar-refractivity contribution in [1.82, 2.24) is 15.5 Å². The highest BCUT2D eigenvalue weighted by Crippen LogP contribution is 2.16. The maximum absolute atomic E-state index is 11.1. The first kappa shape index (κ1) is 14.0. The summed E-state index contributed by atoms with van der Waals surface area (Å²) < 4.78 is 5.43. The van der Waals surface area contributed by atoms with Crippen molar-refractivity contribution in [3.05, 3.63) is 35.7 Å². The number of amides is 1.